The summed E-state index contributed by atoms with van der Waals surface area (Å²) in [6.07, 6.45) is 4.94. The van der Waals surface area contributed by atoms with Crippen LogP contribution in [0.1, 0.15) is 16.7 Å². The second kappa shape index (κ2) is 16.0. The van der Waals surface area contributed by atoms with Gasteiger partial charge < -0.3 is 11.5 Å². The van der Waals surface area contributed by atoms with Gasteiger partial charge in [-0.3, -0.25) is 4.99 Å². The molecular formula is C36H32N2Ti. The quantitative estimate of drug-likeness (QED) is 0.120. The van der Waals surface area contributed by atoms with Gasteiger partial charge in [0, 0.05) is 29.0 Å². The van der Waals surface area contributed by atoms with Crippen LogP contribution in [0.3, 0.4) is 0 Å². The molecule has 1 heterocycles. The van der Waals surface area contributed by atoms with E-state index < -0.39 is 0 Å². The van der Waals surface area contributed by atoms with Gasteiger partial charge in [0.05, 0.1) is 11.2 Å². The normalized spacial score (nSPS) is 10.1. The molecule has 0 unspecified atom stereocenters. The van der Waals surface area contributed by atoms with Crippen LogP contribution in [0.2, 0.25) is 0 Å². The summed E-state index contributed by atoms with van der Waals surface area (Å²) in [5, 5.41) is 1.21. The van der Waals surface area contributed by atoms with E-state index in [0.29, 0.717) is 0 Å². The molecule has 190 valence electrons. The molecule has 6 aromatic rings. The standard InChI is InChI=1S/C21H16N2.C8H9.C7H7.Ti/c1-3-10-19(11-4-1)22-16-18-9-7-8-17-14-15-23(21(17)18)20-12-5-2-6-13-20;1-2-8-6-4-3-5-7-8;1-7-5-3-2-4-6-7;/h1-16H;3-7H,1-2H2;2-6H,1H2;/q;2*-1;+2. The van der Waals surface area contributed by atoms with E-state index in [2.05, 4.69) is 90.3 Å². The van der Waals surface area contributed by atoms with E-state index in [-0.39, 0.29) is 21.7 Å². The van der Waals surface area contributed by atoms with E-state index >= 15 is 0 Å². The molecule has 0 radical (unpaired) electrons. The summed E-state index contributed by atoms with van der Waals surface area (Å²) in [7, 11) is 0. The Bertz CT molecular complexity index is 1520. The molecule has 0 spiro atoms. The smallest absolute Gasteiger partial charge is 0.339 e. The van der Waals surface area contributed by atoms with E-state index in [1.807, 2.05) is 91.1 Å². The molecule has 0 aliphatic rings. The molecule has 3 heteroatoms. The van der Waals surface area contributed by atoms with Crippen molar-refractivity contribution in [1.82, 2.24) is 4.57 Å². The number of benzene rings is 5. The fourth-order valence-electron chi connectivity index (χ4n) is 3.91. The van der Waals surface area contributed by atoms with Crippen LogP contribution in [-0.2, 0) is 28.1 Å². The van der Waals surface area contributed by atoms with Gasteiger partial charge in [-0.2, -0.15) is 31.0 Å². The first-order valence-corrected chi connectivity index (χ1v) is 12.7. The molecule has 5 aromatic carbocycles. The molecule has 0 fully saturated rings. The number of hydrogen-bond donors (Lipinski definition) is 0. The van der Waals surface area contributed by atoms with Gasteiger partial charge in [0.1, 0.15) is 0 Å². The minimum Gasteiger partial charge on any atom is -0.339 e. The third-order valence-corrected chi connectivity index (χ3v) is 5.86. The maximum atomic E-state index is 4.60. The van der Waals surface area contributed by atoms with Crippen LogP contribution >= 0.6 is 0 Å². The molecule has 0 saturated heterocycles. The van der Waals surface area contributed by atoms with Gasteiger partial charge in [0.25, 0.3) is 0 Å². The Morgan fingerprint density at radius 3 is 1.72 bits per heavy atom. The van der Waals surface area contributed by atoms with Crippen molar-refractivity contribution in [3.05, 3.63) is 182 Å². The number of para-hydroxylation sites is 3. The second-order valence-electron chi connectivity index (χ2n) is 8.62. The molecule has 0 N–H and O–H groups in total. The molecule has 0 atom stereocenters. The van der Waals surface area contributed by atoms with Gasteiger partial charge in [0.15, 0.2) is 0 Å². The van der Waals surface area contributed by atoms with Gasteiger partial charge >= 0.3 is 21.7 Å². The summed E-state index contributed by atoms with van der Waals surface area (Å²) in [6, 6.07) is 48.9. The Labute approximate surface area is 247 Å². The Morgan fingerprint density at radius 1 is 0.615 bits per heavy atom. The Balaban J connectivity index is 0.000000215. The minimum absolute atomic E-state index is 0. The van der Waals surface area contributed by atoms with Crippen LogP contribution in [0.5, 0.6) is 0 Å². The zero-order chi connectivity index (χ0) is 26.4. The second-order valence-corrected chi connectivity index (χ2v) is 8.62. The van der Waals surface area contributed by atoms with Crippen LogP contribution in [0.15, 0.2) is 157 Å². The number of nitrogens with zero attached hydrogens (tertiary/aromatic N) is 2. The first kappa shape index (κ1) is 29.5. The van der Waals surface area contributed by atoms with Crippen LogP contribution in [0.4, 0.5) is 5.69 Å². The van der Waals surface area contributed by atoms with Crippen LogP contribution in [0, 0.1) is 13.8 Å². The molecule has 39 heavy (non-hydrogen) atoms. The summed E-state index contributed by atoms with van der Waals surface area (Å²) < 4.78 is 2.21. The molecule has 0 aliphatic heterocycles. The van der Waals surface area contributed by atoms with Crippen molar-refractivity contribution in [1.29, 1.82) is 0 Å². The van der Waals surface area contributed by atoms with Gasteiger partial charge in [0.2, 0.25) is 0 Å². The molecular weight excluding hydrogens is 508 g/mol. The third-order valence-electron chi connectivity index (χ3n) is 5.86. The molecule has 0 amide bonds. The predicted molar refractivity (Wildman–Crippen MR) is 163 cm³/mol. The largest absolute Gasteiger partial charge is 2.00 e. The number of aliphatic imine (C=N–C) groups is 1. The molecule has 0 bridgehead atoms. The fraction of sp³-hybridized carbons (Fsp3) is 0.0278. The van der Waals surface area contributed by atoms with Gasteiger partial charge in [-0.1, -0.05) is 96.6 Å². The van der Waals surface area contributed by atoms with Crippen molar-refractivity contribution in [3.63, 3.8) is 0 Å². The Morgan fingerprint density at radius 2 is 1.18 bits per heavy atom. The summed E-state index contributed by atoms with van der Waals surface area (Å²) in [4.78, 5) is 4.60. The van der Waals surface area contributed by atoms with Crippen LogP contribution in [-0.4, -0.2) is 10.8 Å². The van der Waals surface area contributed by atoms with Crippen molar-refractivity contribution in [2.75, 3.05) is 0 Å². The Hall–Kier alpha value is -4.11. The number of hydrogen-bond acceptors (Lipinski definition) is 1. The molecule has 0 saturated carbocycles. The van der Waals surface area contributed by atoms with Crippen molar-refractivity contribution >= 4 is 22.8 Å². The van der Waals surface area contributed by atoms with Crippen molar-refractivity contribution in [2.24, 2.45) is 4.99 Å². The summed E-state index contributed by atoms with van der Waals surface area (Å²) in [5.74, 6) is 0. The van der Waals surface area contributed by atoms with Crippen molar-refractivity contribution in [2.45, 2.75) is 6.42 Å². The first-order valence-electron chi connectivity index (χ1n) is 12.7. The number of aromatic nitrogens is 1. The van der Waals surface area contributed by atoms with Crippen LogP contribution in [0.25, 0.3) is 16.6 Å². The van der Waals surface area contributed by atoms with Gasteiger partial charge in [-0.15, -0.1) is 12.1 Å². The zero-order valence-electron chi connectivity index (χ0n) is 22.0. The summed E-state index contributed by atoms with van der Waals surface area (Å²) in [6.45, 7) is 7.48. The third kappa shape index (κ3) is 9.00. The number of rotatable bonds is 4. The Kier molecular flexibility index (Phi) is 12.1. The monoisotopic (exact) mass is 540 g/mol. The minimum atomic E-state index is 0. The average molecular weight is 541 g/mol. The van der Waals surface area contributed by atoms with E-state index in [1.165, 1.54) is 16.5 Å². The fourth-order valence-corrected chi connectivity index (χ4v) is 3.91. The summed E-state index contributed by atoms with van der Waals surface area (Å²) >= 11 is 0. The number of fused-ring (bicyclic) bond motifs is 1. The van der Waals surface area contributed by atoms with Crippen molar-refractivity contribution in [3.8, 4) is 5.69 Å². The zero-order valence-corrected chi connectivity index (χ0v) is 23.6. The molecule has 1 aromatic heterocycles. The van der Waals surface area contributed by atoms with E-state index in [9.17, 15) is 0 Å². The molecule has 2 nitrogen and oxygen atoms in total. The SMILES string of the molecule is C(=Nc1ccccc1)c1cccc2ccn(-c3ccccc3)c12.[CH2-]Cc1ccccc1.[CH2-]c1ccccc1.[Ti+2]. The summed E-state index contributed by atoms with van der Waals surface area (Å²) in [5.41, 5.74) is 6.78. The maximum absolute atomic E-state index is 4.60. The molecule has 0 aliphatic carbocycles. The van der Waals surface area contributed by atoms with E-state index in [0.717, 1.165) is 28.9 Å². The van der Waals surface area contributed by atoms with Gasteiger partial charge in [-0.05, 0) is 30.3 Å². The van der Waals surface area contributed by atoms with E-state index in [4.69, 9.17) is 0 Å². The topological polar surface area (TPSA) is 17.3 Å². The first-order chi connectivity index (χ1) is 18.7. The maximum Gasteiger partial charge on any atom is 2.00 e. The van der Waals surface area contributed by atoms with Gasteiger partial charge in [-0.25, -0.2) is 0 Å². The molecule has 6 rings (SSSR count). The average Bonchev–Trinajstić information content (AvgIpc) is 3.44. The predicted octanol–water partition coefficient (Wildman–Crippen LogP) is 9.31. The van der Waals surface area contributed by atoms with Crippen molar-refractivity contribution < 1.29 is 21.7 Å². The van der Waals surface area contributed by atoms with E-state index in [1.54, 1.807) is 0 Å². The van der Waals surface area contributed by atoms with Crippen LogP contribution < -0.4 is 0 Å².